The zero-order valence-electron chi connectivity index (χ0n) is 13.2. The number of carbonyl (C=O) groups excluding carboxylic acids is 2. The van der Waals surface area contributed by atoms with E-state index in [1.54, 1.807) is 6.07 Å². The molecule has 4 atom stereocenters. The fourth-order valence-corrected chi connectivity index (χ4v) is 2.47. The van der Waals surface area contributed by atoms with Crippen molar-refractivity contribution < 1.29 is 19.8 Å². The van der Waals surface area contributed by atoms with Crippen LogP contribution in [0.3, 0.4) is 0 Å². The third-order valence-electron chi connectivity index (χ3n) is 3.44. The molecule has 0 saturated heterocycles. The Hall–Kier alpha value is -2.22. The van der Waals surface area contributed by atoms with Gasteiger partial charge in [-0.1, -0.05) is 6.08 Å². The minimum atomic E-state index is -1.18. The number of hydrogen-bond donors (Lipinski definition) is 6. The van der Waals surface area contributed by atoms with E-state index in [-0.39, 0.29) is 23.5 Å². The molecule has 0 saturated carbocycles. The second-order valence-electron chi connectivity index (χ2n) is 5.27. The molecular formula is C14H21N5O4S. The molecule has 1 aliphatic rings. The third kappa shape index (κ3) is 5.45. The Labute approximate surface area is 144 Å². The largest absolute Gasteiger partial charge is 0.390 e. The third-order valence-corrected chi connectivity index (χ3v) is 3.71. The second kappa shape index (κ2) is 9.17. The molecule has 1 rings (SSSR count). The van der Waals surface area contributed by atoms with Gasteiger partial charge in [-0.05, 0) is 19.1 Å². The van der Waals surface area contributed by atoms with Crippen LogP contribution in [0.2, 0.25) is 0 Å². The molecule has 0 fully saturated rings. The van der Waals surface area contributed by atoms with Crippen LogP contribution in [-0.4, -0.2) is 58.0 Å². The molecule has 0 radical (unpaired) electrons. The predicted octanol–water partition coefficient (Wildman–Crippen LogP) is -2.23. The highest BCUT2D eigenvalue weighted by Gasteiger charge is 2.34. The van der Waals surface area contributed by atoms with E-state index in [1.807, 2.05) is 6.92 Å². The summed E-state index contributed by atoms with van der Waals surface area (Å²) in [6, 6.07) is -0.137. The van der Waals surface area contributed by atoms with Gasteiger partial charge in [0.05, 0.1) is 24.6 Å². The van der Waals surface area contributed by atoms with Gasteiger partial charge in [0.1, 0.15) is 12.1 Å². The van der Waals surface area contributed by atoms with Gasteiger partial charge in [-0.3, -0.25) is 9.59 Å². The molecule has 0 aromatic heterocycles. The Kier molecular flexibility index (Phi) is 7.57. The molecule has 24 heavy (non-hydrogen) atoms. The Balaban J connectivity index is 2.87. The van der Waals surface area contributed by atoms with E-state index in [4.69, 9.17) is 23.2 Å². The molecular weight excluding hydrogens is 334 g/mol. The maximum Gasteiger partial charge on any atom is 0.247 e. The van der Waals surface area contributed by atoms with E-state index in [0.29, 0.717) is 6.54 Å². The summed E-state index contributed by atoms with van der Waals surface area (Å²) >= 11 is 5.03. The Morgan fingerprint density at radius 2 is 2.21 bits per heavy atom. The molecule has 0 aliphatic heterocycles. The van der Waals surface area contributed by atoms with Gasteiger partial charge in [0, 0.05) is 18.5 Å². The highest BCUT2D eigenvalue weighted by atomic mass is 32.1. The van der Waals surface area contributed by atoms with Crippen LogP contribution in [0.5, 0.6) is 0 Å². The van der Waals surface area contributed by atoms with Crippen molar-refractivity contribution in [2.45, 2.75) is 44.1 Å². The van der Waals surface area contributed by atoms with Crippen molar-refractivity contribution in [3.05, 3.63) is 11.6 Å². The number of nitrogens with zero attached hydrogens (tertiary/aromatic N) is 1. The van der Waals surface area contributed by atoms with E-state index in [9.17, 15) is 19.8 Å². The number of nitrogens with two attached hydrogens (primary N) is 1. The normalized spacial score (nSPS) is 24.1. The Morgan fingerprint density at radius 3 is 2.75 bits per heavy atom. The van der Waals surface area contributed by atoms with Crippen LogP contribution in [0, 0.1) is 11.3 Å². The summed E-state index contributed by atoms with van der Waals surface area (Å²) in [5, 5.41) is 36.9. The number of rotatable bonds is 6. The summed E-state index contributed by atoms with van der Waals surface area (Å²) in [5.41, 5.74) is 5.29. The standard InChI is InChI=1S/C14H21N5O4S/c1-2-17-14(24)19-9-5-7(6-10(20)11(9)21)13(23)18-8(3-4-15)12(16)22/h5,8-11,20-21H,2-3,6H2,1H3,(H2,16,22)(H,18,23)(H2,17,19,24)/t8-,9-,10-,11-/m1/s1. The molecule has 9 nitrogen and oxygen atoms in total. The van der Waals surface area contributed by atoms with Gasteiger partial charge in [0.25, 0.3) is 0 Å². The minimum Gasteiger partial charge on any atom is -0.390 e. The molecule has 0 bridgehead atoms. The first kappa shape index (κ1) is 19.8. The van der Waals surface area contributed by atoms with E-state index >= 15 is 0 Å². The first-order valence-corrected chi connectivity index (χ1v) is 7.79. The highest BCUT2D eigenvalue weighted by molar-refractivity contribution is 7.80. The van der Waals surface area contributed by atoms with Crippen LogP contribution >= 0.6 is 12.2 Å². The van der Waals surface area contributed by atoms with Gasteiger partial charge >= 0.3 is 0 Å². The van der Waals surface area contributed by atoms with E-state index < -0.39 is 36.1 Å². The summed E-state index contributed by atoms with van der Waals surface area (Å²) in [6.07, 6.45) is -1.26. The number of carbonyl (C=O) groups is 2. The van der Waals surface area contributed by atoms with Gasteiger partial charge in [-0.2, -0.15) is 5.26 Å². The Morgan fingerprint density at radius 1 is 1.54 bits per heavy atom. The maximum absolute atomic E-state index is 12.2. The van der Waals surface area contributed by atoms with Gasteiger partial charge in [-0.25, -0.2) is 0 Å². The molecule has 0 unspecified atom stereocenters. The van der Waals surface area contributed by atoms with Crippen LogP contribution < -0.4 is 21.7 Å². The van der Waals surface area contributed by atoms with Crippen molar-refractivity contribution in [1.29, 1.82) is 5.26 Å². The van der Waals surface area contributed by atoms with Crippen LogP contribution in [-0.2, 0) is 9.59 Å². The fraction of sp³-hybridized carbons (Fsp3) is 0.571. The summed E-state index contributed by atoms with van der Waals surface area (Å²) in [7, 11) is 0. The maximum atomic E-state index is 12.2. The van der Waals surface area contributed by atoms with E-state index in [1.165, 1.54) is 6.08 Å². The van der Waals surface area contributed by atoms with Crippen LogP contribution in [0.15, 0.2) is 11.6 Å². The molecule has 132 valence electrons. The number of primary amides is 1. The van der Waals surface area contributed by atoms with Crippen LogP contribution in [0.25, 0.3) is 0 Å². The zero-order valence-corrected chi connectivity index (χ0v) is 14.0. The molecule has 0 heterocycles. The summed E-state index contributed by atoms with van der Waals surface area (Å²) in [4.78, 5) is 23.4. The average Bonchev–Trinajstić information content (AvgIpc) is 2.51. The number of amides is 2. The quantitative estimate of drug-likeness (QED) is 0.292. The number of nitrogens with one attached hydrogen (secondary N) is 3. The fourth-order valence-electron chi connectivity index (χ4n) is 2.19. The first-order valence-electron chi connectivity index (χ1n) is 7.38. The van der Waals surface area contributed by atoms with E-state index in [2.05, 4.69) is 16.0 Å². The SMILES string of the molecule is CCNC(=S)N[C@@H]1C=C(C(=O)N[C@H](CC#N)C(N)=O)C[C@@H](O)[C@@H]1O. The molecule has 1 aliphatic carbocycles. The topological polar surface area (TPSA) is 160 Å². The van der Waals surface area contributed by atoms with Crippen molar-refractivity contribution in [3.63, 3.8) is 0 Å². The molecule has 0 aromatic carbocycles. The molecule has 2 amide bonds. The Bertz CT molecular complexity index is 574. The van der Waals surface area contributed by atoms with Crippen molar-refractivity contribution in [1.82, 2.24) is 16.0 Å². The van der Waals surface area contributed by atoms with Crippen molar-refractivity contribution in [2.24, 2.45) is 5.73 Å². The van der Waals surface area contributed by atoms with Gasteiger partial charge in [-0.15, -0.1) is 0 Å². The molecule has 10 heteroatoms. The smallest absolute Gasteiger partial charge is 0.247 e. The number of aliphatic hydroxyl groups is 2. The average molecular weight is 355 g/mol. The van der Waals surface area contributed by atoms with Crippen LogP contribution in [0.1, 0.15) is 19.8 Å². The van der Waals surface area contributed by atoms with Crippen molar-refractivity contribution >= 4 is 29.1 Å². The summed E-state index contributed by atoms with van der Waals surface area (Å²) in [5.74, 6) is -1.47. The monoisotopic (exact) mass is 355 g/mol. The van der Waals surface area contributed by atoms with Gasteiger partial charge in [0.2, 0.25) is 11.8 Å². The van der Waals surface area contributed by atoms with E-state index in [0.717, 1.165) is 0 Å². The number of aliphatic hydroxyl groups excluding tert-OH is 2. The lowest BCUT2D eigenvalue weighted by Crippen LogP contribution is -2.53. The number of nitriles is 1. The molecule has 7 N–H and O–H groups in total. The van der Waals surface area contributed by atoms with Gasteiger partial charge < -0.3 is 31.9 Å². The lowest BCUT2D eigenvalue weighted by Gasteiger charge is -2.32. The minimum absolute atomic E-state index is 0.100. The predicted molar refractivity (Wildman–Crippen MR) is 89.3 cm³/mol. The summed E-state index contributed by atoms with van der Waals surface area (Å²) < 4.78 is 0. The first-order chi connectivity index (χ1) is 11.3. The van der Waals surface area contributed by atoms with Crippen LogP contribution in [0.4, 0.5) is 0 Å². The lowest BCUT2D eigenvalue weighted by atomic mass is 9.90. The van der Waals surface area contributed by atoms with Crippen molar-refractivity contribution in [2.75, 3.05) is 6.54 Å². The molecule has 0 spiro atoms. The van der Waals surface area contributed by atoms with Gasteiger partial charge in [0.15, 0.2) is 5.11 Å². The second-order valence-corrected chi connectivity index (χ2v) is 5.68. The summed E-state index contributed by atoms with van der Waals surface area (Å²) in [6.45, 7) is 2.41. The number of thiocarbonyl (C=S) groups is 1. The zero-order chi connectivity index (χ0) is 18.3. The molecule has 0 aromatic rings. The lowest BCUT2D eigenvalue weighted by molar-refractivity contribution is -0.125. The van der Waals surface area contributed by atoms with Crippen molar-refractivity contribution in [3.8, 4) is 6.07 Å². The highest BCUT2D eigenvalue weighted by Crippen LogP contribution is 2.20. The number of hydrogen-bond acceptors (Lipinski definition) is 6.